The number of hydrogen-bond donors (Lipinski definition) is 2. The Kier molecular flexibility index (Phi) is 4.05. The molecular weight excluding hydrogens is 132 g/mol. The Labute approximate surface area is 61.1 Å². The first kappa shape index (κ1) is 8.43. The Morgan fingerprint density at radius 3 is 2.56 bits per heavy atom. The summed E-state index contributed by atoms with van der Waals surface area (Å²) in [7, 11) is 0. The van der Waals surface area contributed by atoms with Crippen LogP contribution >= 0.6 is 12.2 Å². The molecule has 0 aliphatic heterocycles. The van der Waals surface area contributed by atoms with E-state index in [4.69, 9.17) is 5.73 Å². The highest BCUT2D eigenvalue weighted by molar-refractivity contribution is 7.80. The van der Waals surface area contributed by atoms with Gasteiger partial charge >= 0.3 is 0 Å². The van der Waals surface area contributed by atoms with E-state index in [2.05, 4.69) is 17.5 Å². The van der Waals surface area contributed by atoms with Crippen molar-refractivity contribution in [3.63, 3.8) is 0 Å². The lowest BCUT2D eigenvalue weighted by Crippen LogP contribution is -2.28. The lowest BCUT2D eigenvalue weighted by molar-refractivity contribution is 1.03. The summed E-state index contributed by atoms with van der Waals surface area (Å²) < 4.78 is 0. The maximum absolute atomic E-state index is 5.17. The molecule has 0 spiro atoms. The highest BCUT2D eigenvalue weighted by Gasteiger charge is 1.80. The van der Waals surface area contributed by atoms with Crippen LogP contribution in [-0.4, -0.2) is 11.7 Å². The second-order valence-corrected chi connectivity index (χ2v) is 2.47. The van der Waals surface area contributed by atoms with E-state index in [0.29, 0.717) is 5.11 Å². The van der Waals surface area contributed by atoms with Crippen molar-refractivity contribution in [2.75, 3.05) is 6.54 Å². The molecule has 0 rings (SSSR count). The fraction of sp³-hybridized carbons (Fsp3) is 0.500. The molecular formula is C6H12N2S. The first-order valence-corrected chi connectivity index (χ1v) is 3.20. The third kappa shape index (κ3) is 7.43. The molecule has 0 unspecified atom stereocenters. The van der Waals surface area contributed by atoms with E-state index in [1.54, 1.807) is 0 Å². The van der Waals surface area contributed by atoms with E-state index < -0.39 is 0 Å². The van der Waals surface area contributed by atoms with Crippen LogP contribution in [0.25, 0.3) is 0 Å². The van der Waals surface area contributed by atoms with Gasteiger partial charge in [0.1, 0.15) is 0 Å². The summed E-state index contributed by atoms with van der Waals surface area (Å²) in [4.78, 5) is 0. The van der Waals surface area contributed by atoms with Crippen LogP contribution < -0.4 is 11.1 Å². The SMILES string of the molecule is CC(C)=CCNC(N)=S. The van der Waals surface area contributed by atoms with Crippen molar-refractivity contribution in [3.05, 3.63) is 11.6 Å². The van der Waals surface area contributed by atoms with Crippen molar-refractivity contribution in [3.8, 4) is 0 Å². The quantitative estimate of drug-likeness (QED) is 0.444. The van der Waals surface area contributed by atoms with Crippen LogP contribution in [0, 0.1) is 0 Å². The van der Waals surface area contributed by atoms with E-state index in [9.17, 15) is 0 Å². The number of nitrogens with one attached hydrogen (secondary N) is 1. The minimum absolute atomic E-state index is 0.354. The van der Waals surface area contributed by atoms with Crippen LogP contribution in [0.5, 0.6) is 0 Å². The molecule has 0 saturated carbocycles. The predicted octanol–water partition coefficient (Wildman–Crippen LogP) is 0.786. The zero-order chi connectivity index (χ0) is 7.28. The summed E-state index contributed by atoms with van der Waals surface area (Å²) in [5.41, 5.74) is 6.43. The number of rotatable bonds is 2. The van der Waals surface area contributed by atoms with Gasteiger partial charge in [0, 0.05) is 6.54 Å². The van der Waals surface area contributed by atoms with Crippen molar-refractivity contribution in [2.45, 2.75) is 13.8 Å². The van der Waals surface area contributed by atoms with Gasteiger partial charge in [-0.3, -0.25) is 0 Å². The van der Waals surface area contributed by atoms with Gasteiger partial charge in [-0.2, -0.15) is 0 Å². The van der Waals surface area contributed by atoms with Crippen LogP contribution in [0.15, 0.2) is 11.6 Å². The maximum atomic E-state index is 5.17. The van der Waals surface area contributed by atoms with Gasteiger partial charge in [-0.15, -0.1) is 0 Å². The summed E-state index contributed by atoms with van der Waals surface area (Å²) >= 11 is 4.58. The lowest BCUT2D eigenvalue weighted by Gasteiger charge is -1.97. The zero-order valence-electron chi connectivity index (χ0n) is 5.77. The molecule has 0 radical (unpaired) electrons. The number of nitrogens with two attached hydrogens (primary N) is 1. The van der Waals surface area contributed by atoms with Crippen molar-refractivity contribution < 1.29 is 0 Å². The lowest BCUT2D eigenvalue weighted by atomic mass is 10.3. The minimum Gasteiger partial charge on any atom is -0.376 e. The topological polar surface area (TPSA) is 38.0 Å². The van der Waals surface area contributed by atoms with Crippen LogP contribution in [-0.2, 0) is 0 Å². The maximum Gasteiger partial charge on any atom is 0.163 e. The highest BCUT2D eigenvalue weighted by Crippen LogP contribution is 1.84. The third-order valence-electron chi connectivity index (χ3n) is 0.787. The molecule has 52 valence electrons. The summed E-state index contributed by atoms with van der Waals surface area (Å²) in [6.07, 6.45) is 2.03. The predicted molar refractivity (Wildman–Crippen MR) is 44.2 cm³/mol. The first-order chi connectivity index (χ1) is 4.13. The average Bonchev–Trinajstić information content (AvgIpc) is 1.63. The molecule has 0 heterocycles. The smallest absolute Gasteiger partial charge is 0.163 e. The molecule has 0 aliphatic carbocycles. The molecule has 0 atom stereocenters. The average molecular weight is 144 g/mol. The molecule has 0 saturated heterocycles. The largest absolute Gasteiger partial charge is 0.376 e. The molecule has 0 amide bonds. The van der Waals surface area contributed by atoms with Crippen LogP contribution in [0.3, 0.4) is 0 Å². The first-order valence-electron chi connectivity index (χ1n) is 2.79. The third-order valence-corrected chi connectivity index (χ3v) is 0.931. The van der Waals surface area contributed by atoms with Crippen molar-refractivity contribution in [2.24, 2.45) is 5.73 Å². The summed E-state index contributed by atoms with van der Waals surface area (Å²) in [5, 5.41) is 3.16. The monoisotopic (exact) mass is 144 g/mol. The van der Waals surface area contributed by atoms with Gasteiger partial charge in [-0.05, 0) is 26.1 Å². The van der Waals surface area contributed by atoms with E-state index in [1.807, 2.05) is 19.9 Å². The number of allylic oxidation sites excluding steroid dienone is 1. The molecule has 3 heteroatoms. The van der Waals surface area contributed by atoms with Crippen LogP contribution in [0.2, 0.25) is 0 Å². The summed E-state index contributed by atoms with van der Waals surface area (Å²) in [5.74, 6) is 0. The van der Waals surface area contributed by atoms with Gasteiger partial charge in [0.15, 0.2) is 5.11 Å². The molecule has 0 aliphatic rings. The van der Waals surface area contributed by atoms with E-state index in [1.165, 1.54) is 5.57 Å². The molecule has 3 N–H and O–H groups in total. The second kappa shape index (κ2) is 4.32. The van der Waals surface area contributed by atoms with E-state index in [-0.39, 0.29) is 0 Å². The summed E-state index contributed by atoms with van der Waals surface area (Å²) in [6, 6.07) is 0. The molecule has 0 aromatic rings. The fourth-order valence-corrected chi connectivity index (χ4v) is 0.439. The Bertz CT molecular complexity index is 125. The van der Waals surface area contributed by atoms with Crippen molar-refractivity contribution in [1.82, 2.24) is 5.32 Å². The molecule has 0 bridgehead atoms. The second-order valence-electron chi connectivity index (χ2n) is 2.03. The van der Waals surface area contributed by atoms with Gasteiger partial charge < -0.3 is 11.1 Å². The number of thiocarbonyl (C=S) groups is 1. The standard InChI is InChI=1S/C6H12N2S/c1-5(2)3-4-8-6(7)9/h3H,4H2,1-2H3,(H3,7,8,9). The number of hydrogen-bond acceptors (Lipinski definition) is 1. The van der Waals surface area contributed by atoms with Gasteiger partial charge in [0.05, 0.1) is 0 Å². The summed E-state index contributed by atoms with van der Waals surface area (Å²) in [6.45, 7) is 4.79. The van der Waals surface area contributed by atoms with Crippen molar-refractivity contribution in [1.29, 1.82) is 0 Å². The zero-order valence-corrected chi connectivity index (χ0v) is 6.59. The Balaban J connectivity index is 3.31. The molecule has 9 heavy (non-hydrogen) atoms. The fourth-order valence-electron chi connectivity index (χ4n) is 0.356. The normalized spacial score (nSPS) is 8.22. The highest BCUT2D eigenvalue weighted by atomic mass is 32.1. The Hall–Kier alpha value is -0.570. The molecule has 2 nitrogen and oxygen atoms in total. The van der Waals surface area contributed by atoms with Crippen molar-refractivity contribution >= 4 is 17.3 Å². The van der Waals surface area contributed by atoms with Gasteiger partial charge in [-0.1, -0.05) is 11.6 Å². The van der Waals surface area contributed by atoms with E-state index in [0.717, 1.165) is 6.54 Å². The molecule has 0 aromatic carbocycles. The van der Waals surface area contributed by atoms with Gasteiger partial charge in [-0.25, -0.2) is 0 Å². The molecule has 0 aromatic heterocycles. The van der Waals surface area contributed by atoms with Crippen LogP contribution in [0.1, 0.15) is 13.8 Å². The Morgan fingerprint density at radius 2 is 2.22 bits per heavy atom. The molecule has 0 fully saturated rings. The van der Waals surface area contributed by atoms with Crippen LogP contribution in [0.4, 0.5) is 0 Å². The van der Waals surface area contributed by atoms with Gasteiger partial charge in [0.25, 0.3) is 0 Å². The van der Waals surface area contributed by atoms with Gasteiger partial charge in [0.2, 0.25) is 0 Å². The Morgan fingerprint density at radius 1 is 1.67 bits per heavy atom. The van der Waals surface area contributed by atoms with E-state index >= 15 is 0 Å². The minimum atomic E-state index is 0.354.